The van der Waals surface area contributed by atoms with Gasteiger partial charge in [0, 0.05) is 44.4 Å². The molecule has 1 heterocycles. The molecule has 19 heavy (non-hydrogen) atoms. The van der Waals surface area contributed by atoms with Gasteiger partial charge in [0.2, 0.25) is 5.91 Å². The van der Waals surface area contributed by atoms with Crippen LogP contribution in [0.4, 0.5) is 0 Å². The van der Waals surface area contributed by atoms with Gasteiger partial charge in [-0.25, -0.2) is 0 Å². The van der Waals surface area contributed by atoms with Crippen LogP contribution in [-0.2, 0) is 18.4 Å². The summed E-state index contributed by atoms with van der Waals surface area (Å²) in [7, 11) is 3.72. The minimum Gasteiger partial charge on any atom is -0.341 e. The fourth-order valence-corrected chi connectivity index (χ4v) is 2.46. The van der Waals surface area contributed by atoms with Crippen molar-refractivity contribution in [1.82, 2.24) is 14.7 Å². The van der Waals surface area contributed by atoms with Crippen LogP contribution in [0, 0.1) is 5.92 Å². The van der Waals surface area contributed by atoms with E-state index in [1.54, 1.807) is 15.8 Å². The highest BCUT2D eigenvalue weighted by Crippen LogP contribution is 2.26. The molecule has 0 bridgehead atoms. The molecule has 1 aromatic heterocycles. The number of rotatable bonds is 3. The second kappa shape index (κ2) is 7.72. The van der Waals surface area contributed by atoms with Gasteiger partial charge in [0.15, 0.2) is 0 Å². The summed E-state index contributed by atoms with van der Waals surface area (Å²) in [6.07, 6.45) is 6.46. The highest BCUT2D eigenvalue weighted by Gasteiger charge is 2.29. The summed E-state index contributed by atoms with van der Waals surface area (Å²) >= 11 is 0. The molecule has 2 atom stereocenters. The summed E-state index contributed by atoms with van der Waals surface area (Å²) in [4.78, 5) is 13.9. The molecule has 1 fully saturated rings. The molecule has 110 valence electrons. The number of amides is 1. The van der Waals surface area contributed by atoms with E-state index >= 15 is 0 Å². The van der Waals surface area contributed by atoms with Crippen LogP contribution in [0.2, 0.25) is 0 Å². The lowest BCUT2D eigenvalue weighted by Crippen LogP contribution is -2.32. The molecule has 0 spiro atoms. The number of aromatic nitrogens is 2. The minimum atomic E-state index is 0. The van der Waals surface area contributed by atoms with Gasteiger partial charge in [0.25, 0.3) is 0 Å². The Hall–Kier alpha value is -0.780. The summed E-state index contributed by atoms with van der Waals surface area (Å²) in [5.74, 6) is 0.327. The highest BCUT2D eigenvalue weighted by molar-refractivity contribution is 5.85. The first-order valence-corrected chi connectivity index (χ1v) is 6.04. The predicted molar refractivity (Wildman–Crippen MR) is 79.5 cm³/mol. The van der Waals surface area contributed by atoms with E-state index in [1.165, 1.54) is 0 Å². The Labute approximate surface area is 126 Å². The van der Waals surface area contributed by atoms with Gasteiger partial charge in [-0.1, -0.05) is 0 Å². The largest absolute Gasteiger partial charge is 0.341 e. The van der Waals surface area contributed by atoms with E-state index in [-0.39, 0.29) is 42.7 Å². The first kappa shape index (κ1) is 18.2. The van der Waals surface area contributed by atoms with Crippen LogP contribution < -0.4 is 5.73 Å². The van der Waals surface area contributed by atoms with Crippen molar-refractivity contribution in [3.8, 4) is 0 Å². The van der Waals surface area contributed by atoms with Crippen molar-refractivity contribution in [2.24, 2.45) is 18.7 Å². The summed E-state index contributed by atoms with van der Waals surface area (Å²) in [5, 5.41) is 4.10. The van der Waals surface area contributed by atoms with E-state index in [4.69, 9.17) is 5.73 Å². The number of nitrogens with two attached hydrogens (primary N) is 1. The highest BCUT2D eigenvalue weighted by atomic mass is 35.5. The Bertz CT molecular complexity index is 410. The first-order valence-electron chi connectivity index (χ1n) is 6.04. The van der Waals surface area contributed by atoms with Gasteiger partial charge in [0.1, 0.15) is 0 Å². The predicted octanol–water partition coefficient (Wildman–Crippen LogP) is 1.35. The quantitative estimate of drug-likeness (QED) is 0.916. The number of carbonyl (C=O) groups is 1. The smallest absolute Gasteiger partial charge is 0.225 e. The molecule has 1 aliphatic carbocycles. The SMILES string of the molecule is CN(Cc1cnn(C)c1)C(=O)C1CCC(N)C1.Cl.Cl. The van der Waals surface area contributed by atoms with Crippen LogP contribution in [0.25, 0.3) is 0 Å². The zero-order valence-corrected chi connectivity index (χ0v) is 12.9. The van der Waals surface area contributed by atoms with Crippen LogP contribution in [0.5, 0.6) is 0 Å². The van der Waals surface area contributed by atoms with E-state index in [2.05, 4.69) is 5.10 Å². The average molecular weight is 309 g/mol. The molecular weight excluding hydrogens is 287 g/mol. The third-order valence-electron chi connectivity index (χ3n) is 3.38. The fraction of sp³-hybridized carbons (Fsp3) is 0.667. The van der Waals surface area contributed by atoms with Crippen molar-refractivity contribution < 1.29 is 4.79 Å². The second-order valence-corrected chi connectivity index (χ2v) is 4.99. The maximum atomic E-state index is 12.1. The van der Waals surface area contributed by atoms with Crippen LogP contribution in [0.3, 0.4) is 0 Å². The van der Waals surface area contributed by atoms with Crippen LogP contribution in [0.1, 0.15) is 24.8 Å². The summed E-state index contributed by atoms with van der Waals surface area (Å²) in [6, 6.07) is 0.204. The minimum absolute atomic E-state index is 0. The summed E-state index contributed by atoms with van der Waals surface area (Å²) in [5.41, 5.74) is 6.90. The van der Waals surface area contributed by atoms with Crippen molar-refractivity contribution in [2.45, 2.75) is 31.8 Å². The maximum absolute atomic E-state index is 12.1. The molecule has 1 amide bonds. The van der Waals surface area contributed by atoms with Crippen molar-refractivity contribution >= 4 is 30.7 Å². The topological polar surface area (TPSA) is 64.2 Å². The normalized spacial score (nSPS) is 21.4. The molecular formula is C12H22Cl2N4O. The Kier molecular flexibility index (Phi) is 7.41. The monoisotopic (exact) mass is 308 g/mol. The lowest BCUT2D eigenvalue weighted by Gasteiger charge is -2.20. The Balaban J connectivity index is 0.00000162. The lowest BCUT2D eigenvalue weighted by molar-refractivity contribution is -0.134. The molecule has 1 aromatic rings. The lowest BCUT2D eigenvalue weighted by atomic mass is 10.1. The van der Waals surface area contributed by atoms with Gasteiger partial charge >= 0.3 is 0 Å². The van der Waals surface area contributed by atoms with E-state index in [0.717, 1.165) is 24.8 Å². The summed E-state index contributed by atoms with van der Waals surface area (Å²) < 4.78 is 1.75. The molecule has 0 saturated heterocycles. The maximum Gasteiger partial charge on any atom is 0.225 e. The Morgan fingerprint density at radius 2 is 2.21 bits per heavy atom. The molecule has 7 heteroatoms. The number of hydrogen-bond donors (Lipinski definition) is 1. The van der Waals surface area contributed by atoms with Gasteiger partial charge in [-0.3, -0.25) is 9.48 Å². The molecule has 2 rings (SSSR count). The number of aryl methyl sites for hydroxylation is 1. The van der Waals surface area contributed by atoms with Gasteiger partial charge in [-0.05, 0) is 19.3 Å². The third-order valence-corrected chi connectivity index (χ3v) is 3.38. The van der Waals surface area contributed by atoms with Crippen LogP contribution in [-0.4, -0.2) is 33.7 Å². The van der Waals surface area contributed by atoms with Crippen molar-refractivity contribution in [1.29, 1.82) is 0 Å². The van der Waals surface area contributed by atoms with Gasteiger partial charge < -0.3 is 10.6 Å². The van der Waals surface area contributed by atoms with E-state index < -0.39 is 0 Å². The standard InChI is InChI=1S/C12H20N4O.2ClH/c1-15(7-9-6-14-16(2)8-9)12(17)10-3-4-11(13)5-10;;/h6,8,10-11H,3-5,7,13H2,1-2H3;2*1H. The Morgan fingerprint density at radius 3 is 2.68 bits per heavy atom. The zero-order valence-electron chi connectivity index (χ0n) is 11.3. The van der Waals surface area contributed by atoms with Gasteiger partial charge in [0.05, 0.1) is 6.20 Å². The number of carbonyl (C=O) groups excluding carboxylic acids is 1. The molecule has 0 aliphatic heterocycles. The van der Waals surface area contributed by atoms with E-state index in [1.807, 2.05) is 20.3 Å². The molecule has 1 saturated carbocycles. The van der Waals surface area contributed by atoms with Crippen LogP contribution in [0.15, 0.2) is 12.4 Å². The van der Waals surface area contributed by atoms with Crippen molar-refractivity contribution in [3.05, 3.63) is 18.0 Å². The van der Waals surface area contributed by atoms with E-state index in [9.17, 15) is 4.79 Å². The number of halogens is 2. The first-order chi connectivity index (χ1) is 8.06. The Morgan fingerprint density at radius 1 is 1.53 bits per heavy atom. The number of nitrogens with zero attached hydrogens (tertiary/aromatic N) is 3. The van der Waals surface area contributed by atoms with Gasteiger partial charge in [-0.2, -0.15) is 5.10 Å². The molecule has 2 N–H and O–H groups in total. The molecule has 5 nitrogen and oxygen atoms in total. The van der Waals surface area contributed by atoms with Gasteiger partial charge in [-0.15, -0.1) is 24.8 Å². The average Bonchev–Trinajstić information content (AvgIpc) is 2.87. The number of hydrogen-bond acceptors (Lipinski definition) is 3. The van der Waals surface area contributed by atoms with Crippen molar-refractivity contribution in [2.75, 3.05) is 7.05 Å². The molecule has 0 radical (unpaired) electrons. The van der Waals surface area contributed by atoms with Crippen LogP contribution >= 0.6 is 24.8 Å². The fourth-order valence-electron chi connectivity index (χ4n) is 2.46. The van der Waals surface area contributed by atoms with Crippen molar-refractivity contribution in [3.63, 3.8) is 0 Å². The third kappa shape index (κ3) is 4.67. The molecule has 1 aliphatic rings. The zero-order chi connectivity index (χ0) is 12.4. The molecule has 2 unspecified atom stereocenters. The second-order valence-electron chi connectivity index (χ2n) is 4.99. The van der Waals surface area contributed by atoms with E-state index in [0.29, 0.717) is 6.54 Å². The molecule has 0 aromatic carbocycles. The summed E-state index contributed by atoms with van der Waals surface area (Å²) in [6.45, 7) is 0.623.